The van der Waals surface area contributed by atoms with Crippen LogP contribution < -0.4 is 4.90 Å². The van der Waals surface area contributed by atoms with E-state index in [1.54, 1.807) is 11.1 Å². The molecule has 12 rings (SSSR count). The molecule has 0 N–H and O–H groups in total. The first-order valence-corrected chi connectivity index (χ1v) is 18.4. The van der Waals surface area contributed by atoms with Crippen molar-refractivity contribution in [3.63, 3.8) is 0 Å². The molecule has 1 nitrogen and oxygen atoms in total. The molecule has 236 valence electrons. The van der Waals surface area contributed by atoms with Crippen LogP contribution in [0.2, 0.25) is 0 Å². The van der Waals surface area contributed by atoms with Crippen molar-refractivity contribution >= 4 is 38.6 Å². The fourth-order valence-corrected chi connectivity index (χ4v) is 11.4. The summed E-state index contributed by atoms with van der Waals surface area (Å²) < 4.78 is 0. The highest BCUT2D eigenvalue weighted by atomic mass is 15.1. The minimum Gasteiger partial charge on any atom is -0.309 e. The number of nitrogens with zero attached hydrogens (tertiary/aromatic N) is 1. The standard InChI is InChI=1S/C48H39N/c1-3-13-40-34(9-1)11-7-17-46(40)49(47-18-8-12-35-10-2-4-14-41(35)47)39-22-19-33(20-23-39)36-21-24-45-43(30-36)42-15-5-6-16-44(42)48(45)37-26-31-25-32(28-37)29-38(48)27-31/h1-24,30-32,37-38H,25-29H2. The van der Waals surface area contributed by atoms with Gasteiger partial charge in [-0.1, -0.05) is 121 Å². The molecular formula is C48H39N. The first-order chi connectivity index (χ1) is 24.3. The lowest BCUT2D eigenvalue weighted by molar-refractivity contribution is -0.0399. The van der Waals surface area contributed by atoms with Crippen LogP contribution in [0.4, 0.5) is 17.1 Å². The van der Waals surface area contributed by atoms with Crippen LogP contribution in [0, 0.1) is 23.7 Å². The molecule has 7 aromatic rings. The van der Waals surface area contributed by atoms with Gasteiger partial charge < -0.3 is 4.90 Å². The molecule has 0 unspecified atom stereocenters. The maximum Gasteiger partial charge on any atom is 0.0540 e. The second-order valence-corrected chi connectivity index (χ2v) is 15.4. The first kappa shape index (κ1) is 27.8. The smallest absolute Gasteiger partial charge is 0.0540 e. The van der Waals surface area contributed by atoms with Gasteiger partial charge in [-0.05, 0) is 130 Å². The quantitative estimate of drug-likeness (QED) is 0.187. The summed E-state index contributed by atoms with van der Waals surface area (Å²) in [6, 6.07) is 57.0. The van der Waals surface area contributed by atoms with E-state index < -0.39 is 0 Å². The number of anilines is 3. The molecule has 0 heterocycles. The third-order valence-corrected chi connectivity index (χ3v) is 13.0. The molecule has 0 aliphatic heterocycles. The third kappa shape index (κ3) is 3.93. The molecule has 1 heteroatoms. The molecule has 0 aromatic heterocycles. The van der Waals surface area contributed by atoms with E-state index in [0.717, 1.165) is 29.4 Å². The van der Waals surface area contributed by atoms with Crippen LogP contribution in [0.25, 0.3) is 43.8 Å². The van der Waals surface area contributed by atoms with E-state index in [-0.39, 0.29) is 5.41 Å². The van der Waals surface area contributed by atoms with Gasteiger partial charge in [0.2, 0.25) is 0 Å². The van der Waals surface area contributed by atoms with Crippen LogP contribution in [0.5, 0.6) is 0 Å². The van der Waals surface area contributed by atoms with Gasteiger partial charge in [-0.25, -0.2) is 0 Å². The molecule has 1 spiro atoms. The van der Waals surface area contributed by atoms with Crippen molar-refractivity contribution in [2.45, 2.75) is 37.5 Å². The summed E-state index contributed by atoms with van der Waals surface area (Å²) in [6.07, 6.45) is 7.19. The predicted molar refractivity (Wildman–Crippen MR) is 205 cm³/mol. The van der Waals surface area contributed by atoms with Gasteiger partial charge in [-0.15, -0.1) is 0 Å². The molecule has 7 aromatic carbocycles. The zero-order chi connectivity index (χ0) is 32.1. The highest BCUT2D eigenvalue weighted by Crippen LogP contribution is 2.69. The van der Waals surface area contributed by atoms with Crippen molar-refractivity contribution in [2.24, 2.45) is 23.7 Å². The first-order valence-electron chi connectivity index (χ1n) is 18.4. The van der Waals surface area contributed by atoms with Gasteiger partial charge in [0.05, 0.1) is 11.4 Å². The second kappa shape index (κ2) is 10.4. The lowest BCUT2D eigenvalue weighted by Crippen LogP contribution is -2.55. The Labute approximate surface area is 288 Å². The Bertz CT molecular complexity index is 2300. The van der Waals surface area contributed by atoms with E-state index in [1.807, 2.05) is 0 Å². The van der Waals surface area contributed by atoms with Crippen LogP contribution in [0.1, 0.15) is 43.2 Å². The van der Waals surface area contributed by atoms with Crippen LogP contribution in [-0.4, -0.2) is 0 Å². The zero-order valence-corrected chi connectivity index (χ0v) is 27.7. The largest absolute Gasteiger partial charge is 0.309 e. The molecule has 0 atom stereocenters. The van der Waals surface area contributed by atoms with Gasteiger partial charge in [0.25, 0.3) is 0 Å². The third-order valence-electron chi connectivity index (χ3n) is 13.0. The Hall–Kier alpha value is -5.14. The number of hydrogen-bond acceptors (Lipinski definition) is 1. The number of benzene rings is 7. The van der Waals surface area contributed by atoms with E-state index >= 15 is 0 Å². The van der Waals surface area contributed by atoms with Crippen LogP contribution in [0.3, 0.4) is 0 Å². The highest BCUT2D eigenvalue weighted by Gasteiger charge is 2.61. The molecule has 5 aliphatic carbocycles. The van der Waals surface area contributed by atoms with E-state index in [1.165, 1.54) is 87.3 Å². The molecule has 4 saturated carbocycles. The summed E-state index contributed by atoms with van der Waals surface area (Å²) in [7, 11) is 0. The molecule has 4 fully saturated rings. The minimum atomic E-state index is 0.221. The maximum atomic E-state index is 2.54. The van der Waals surface area contributed by atoms with Gasteiger partial charge in [-0.3, -0.25) is 0 Å². The summed E-state index contributed by atoms with van der Waals surface area (Å²) in [6.45, 7) is 0. The Morgan fingerprint density at radius 1 is 0.429 bits per heavy atom. The van der Waals surface area contributed by atoms with Gasteiger partial charge in [-0.2, -0.15) is 0 Å². The molecular weight excluding hydrogens is 591 g/mol. The molecule has 0 radical (unpaired) electrons. The van der Waals surface area contributed by atoms with E-state index in [0.29, 0.717) is 0 Å². The van der Waals surface area contributed by atoms with Crippen molar-refractivity contribution in [3.05, 3.63) is 163 Å². The summed E-state index contributed by atoms with van der Waals surface area (Å²) in [4.78, 5) is 2.45. The lowest BCUT2D eigenvalue weighted by Gasteiger charge is -2.61. The van der Waals surface area contributed by atoms with Crippen LogP contribution >= 0.6 is 0 Å². The second-order valence-electron chi connectivity index (χ2n) is 15.4. The Morgan fingerprint density at radius 2 is 0.959 bits per heavy atom. The Morgan fingerprint density at radius 3 is 1.61 bits per heavy atom. The molecule has 49 heavy (non-hydrogen) atoms. The number of fused-ring (bicyclic) bond motifs is 5. The van der Waals surface area contributed by atoms with Gasteiger partial charge in [0.1, 0.15) is 0 Å². The average molecular weight is 630 g/mol. The average Bonchev–Trinajstić information content (AvgIpc) is 3.44. The van der Waals surface area contributed by atoms with Crippen LogP contribution in [-0.2, 0) is 5.41 Å². The van der Waals surface area contributed by atoms with Crippen LogP contribution in [0.15, 0.2) is 152 Å². The zero-order valence-electron chi connectivity index (χ0n) is 27.7. The molecule has 0 saturated heterocycles. The summed E-state index contributed by atoms with van der Waals surface area (Å²) >= 11 is 0. The van der Waals surface area contributed by atoms with Crippen molar-refractivity contribution in [1.29, 1.82) is 0 Å². The van der Waals surface area contributed by atoms with Crippen molar-refractivity contribution in [3.8, 4) is 22.3 Å². The predicted octanol–water partition coefficient (Wildman–Crippen LogP) is 12.9. The van der Waals surface area contributed by atoms with Gasteiger partial charge >= 0.3 is 0 Å². The highest BCUT2D eigenvalue weighted by molar-refractivity contribution is 6.04. The van der Waals surface area contributed by atoms with Gasteiger partial charge in [0.15, 0.2) is 0 Å². The normalized spacial score (nSPS) is 24.4. The number of rotatable bonds is 4. The Kier molecular flexibility index (Phi) is 5.91. The van der Waals surface area contributed by atoms with E-state index in [4.69, 9.17) is 0 Å². The number of hydrogen-bond donors (Lipinski definition) is 0. The molecule has 5 aliphatic rings. The minimum absolute atomic E-state index is 0.221. The lowest BCUT2D eigenvalue weighted by atomic mass is 9.43. The van der Waals surface area contributed by atoms with Crippen molar-refractivity contribution in [1.82, 2.24) is 0 Å². The van der Waals surface area contributed by atoms with Crippen molar-refractivity contribution in [2.75, 3.05) is 4.90 Å². The molecule has 0 amide bonds. The fraction of sp³-hybridized carbons (Fsp3) is 0.208. The van der Waals surface area contributed by atoms with E-state index in [2.05, 4.69) is 157 Å². The van der Waals surface area contributed by atoms with E-state index in [9.17, 15) is 0 Å². The monoisotopic (exact) mass is 629 g/mol. The SMILES string of the molecule is c1ccc2c(c1)-c1cc(-c3ccc(N(c4cccc5ccccc45)c4cccc5ccccc45)cc3)ccc1C21C2CC3CC(C2)CC1C3. The summed E-state index contributed by atoms with van der Waals surface area (Å²) in [5.41, 5.74) is 12.6. The van der Waals surface area contributed by atoms with Crippen molar-refractivity contribution < 1.29 is 0 Å². The molecule has 4 bridgehead atoms. The summed E-state index contributed by atoms with van der Waals surface area (Å²) in [5, 5.41) is 4.99. The maximum absolute atomic E-state index is 2.54. The fourth-order valence-electron chi connectivity index (χ4n) is 11.4. The van der Waals surface area contributed by atoms with Gasteiger partial charge in [0, 0.05) is 21.9 Å². The topological polar surface area (TPSA) is 3.24 Å². The Balaban J connectivity index is 1.03. The summed E-state index contributed by atoms with van der Waals surface area (Å²) in [5.74, 6) is 3.52.